The van der Waals surface area contributed by atoms with Gasteiger partial charge < -0.3 is 5.32 Å². The van der Waals surface area contributed by atoms with Crippen LogP contribution in [-0.2, 0) is 0 Å². The van der Waals surface area contributed by atoms with Gasteiger partial charge in [0.15, 0.2) is 5.78 Å². The maximum atomic E-state index is 12.7. The van der Waals surface area contributed by atoms with Gasteiger partial charge >= 0.3 is 0 Å². The van der Waals surface area contributed by atoms with Gasteiger partial charge in [0, 0.05) is 16.9 Å². The molecule has 2 atom stereocenters. The standard InChI is InChI=1S/C20H18ClNO/c1-20(21)14-17(22-16-10-6-3-7-11-16)12-13-18(20)19(23)15-8-4-2-5-9-15/h2-14,18,22H,1H3. The molecule has 0 aliphatic heterocycles. The topological polar surface area (TPSA) is 29.1 Å². The third kappa shape index (κ3) is 3.54. The molecule has 0 fully saturated rings. The largest absolute Gasteiger partial charge is 0.356 e. The molecule has 1 aliphatic rings. The summed E-state index contributed by atoms with van der Waals surface area (Å²) in [5.74, 6) is -0.345. The second kappa shape index (κ2) is 6.43. The van der Waals surface area contributed by atoms with E-state index in [0.717, 1.165) is 11.4 Å². The number of Topliss-reactive ketones (excluding diaryl/α,β-unsaturated/α-hetero) is 1. The maximum Gasteiger partial charge on any atom is 0.171 e. The fourth-order valence-electron chi connectivity index (χ4n) is 2.72. The van der Waals surface area contributed by atoms with Crippen LogP contribution in [0.25, 0.3) is 0 Å². The number of hydrogen-bond acceptors (Lipinski definition) is 2. The Morgan fingerprint density at radius 2 is 1.65 bits per heavy atom. The second-order valence-corrected chi connectivity index (χ2v) is 6.62. The number of alkyl halides is 1. The minimum absolute atomic E-state index is 0.0364. The summed E-state index contributed by atoms with van der Waals surface area (Å²) in [7, 11) is 0. The molecule has 116 valence electrons. The van der Waals surface area contributed by atoms with E-state index in [9.17, 15) is 4.79 Å². The van der Waals surface area contributed by atoms with Crippen LogP contribution in [0.2, 0.25) is 0 Å². The van der Waals surface area contributed by atoms with Crippen LogP contribution in [0.4, 0.5) is 5.69 Å². The zero-order valence-electron chi connectivity index (χ0n) is 12.9. The summed E-state index contributed by atoms with van der Waals surface area (Å²) in [6.45, 7) is 1.87. The highest BCUT2D eigenvalue weighted by Gasteiger charge is 2.36. The highest BCUT2D eigenvalue weighted by Crippen LogP contribution is 2.35. The number of para-hydroxylation sites is 1. The molecule has 3 heteroatoms. The Balaban J connectivity index is 1.80. The summed E-state index contributed by atoms with van der Waals surface area (Å²) in [6, 6.07) is 19.2. The molecule has 1 aliphatic carbocycles. The first-order valence-corrected chi connectivity index (χ1v) is 7.95. The molecule has 1 N–H and O–H groups in total. The molecule has 0 saturated carbocycles. The minimum Gasteiger partial charge on any atom is -0.356 e. The smallest absolute Gasteiger partial charge is 0.171 e. The molecule has 0 spiro atoms. The predicted molar refractivity (Wildman–Crippen MR) is 95.8 cm³/mol. The second-order valence-electron chi connectivity index (χ2n) is 5.81. The Labute approximate surface area is 141 Å². The number of benzene rings is 2. The number of nitrogens with one attached hydrogen (secondary N) is 1. The van der Waals surface area contributed by atoms with Gasteiger partial charge in [0.25, 0.3) is 0 Å². The van der Waals surface area contributed by atoms with E-state index in [1.54, 1.807) is 0 Å². The van der Waals surface area contributed by atoms with E-state index < -0.39 is 4.87 Å². The summed E-state index contributed by atoms with van der Waals surface area (Å²) >= 11 is 6.66. The summed E-state index contributed by atoms with van der Waals surface area (Å²) < 4.78 is 0. The number of carbonyl (C=O) groups is 1. The molecule has 3 rings (SSSR count). The van der Waals surface area contributed by atoms with Crippen molar-refractivity contribution in [1.82, 2.24) is 0 Å². The first-order valence-electron chi connectivity index (χ1n) is 7.57. The van der Waals surface area contributed by atoms with Crippen molar-refractivity contribution in [3.63, 3.8) is 0 Å². The fraction of sp³-hybridized carbons (Fsp3) is 0.150. The van der Waals surface area contributed by atoms with Gasteiger partial charge in [-0.2, -0.15) is 0 Å². The number of carbonyl (C=O) groups excluding carboxylic acids is 1. The molecule has 0 aromatic heterocycles. The van der Waals surface area contributed by atoms with Gasteiger partial charge in [-0.05, 0) is 31.2 Å². The van der Waals surface area contributed by atoms with Crippen molar-refractivity contribution in [2.75, 3.05) is 5.32 Å². The van der Waals surface area contributed by atoms with Crippen LogP contribution >= 0.6 is 11.6 Å². The highest BCUT2D eigenvalue weighted by molar-refractivity contribution is 6.28. The lowest BCUT2D eigenvalue weighted by atomic mass is 9.82. The Bertz CT molecular complexity index is 748. The minimum atomic E-state index is -0.765. The van der Waals surface area contributed by atoms with E-state index in [1.165, 1.54) is 0 Å². The van der Waals surface area contributed by atoms with E-state index in [2.05, 4.69) is 5.32 Å². The predicted octanol–water partition coefficient (Wildman–Crippen LogP) is 5.05. The lowest BCUT2D eigenvalue weighted by Gasteiger charge is -2.30. The highest BCUT2D eigenvalue weighted by atomic mass is 35.5. The Morgan fingerprint density at radius 3 is 2.26 bits per heavy atom. The molecule has 2 nitrogen and oxygen atoms in total. The zero-order valence-corrected chi connectivity index (χ0v) is 13.6. The molecule has 23 heavy (non-hydrogen) atoms. The maximum absolute atomic E-state index is 12.7. The molecule has 0 saturated heterocycles. The van der Waals surface area contributed by atoms with Crippen molar-refractivity contribution in [1.29, 1.82) is 0 Å². The molecule has 0 bridgehead atoms. The normalized spacial score (nSPS) is 23.2. The van der Waals surface area contributed by atoms with Crippen molar-refractivity contribution in [3.05, 3.63) is 90.2 Å². The number of rotatable bonds is 4. The van der Waals surface area contributed by atoms with Crippen molar-refractivity contribution in [2.24, 2.45) is 5.92 Å². The third-order valence-corrected chi connectivity index (χ3v) is 4.26. The van der Waals surface area contributed by atoms with Crippen molar-refractivity contribution >= 4 is 23.1 Å². The van der Waals surface area contributed by atoms with Gasteiger partial charge in [0.05, 0.1) is 10.8 Å². The lowest BCUT2D eigenvalue weighted by Crippen LogP contribution is -2.34. The first kappa shape index (κ1) is 15.6. The van der Waals surface area contributed by atoms with Gasteiger partial charge in [-0.15, -0.1) is 11.6 Å². The first-order chi connectivity index (χ1) is 11.1. The Morgan fingerprint density at radius 1 is 1.04 bits per heavy atom. The number of halogens is 1. The SMILES string of the molecule is CC1(Cl)C=C(Nc2ccccc2)C=CC1C(=O)c1ccccc1. The van der Waals surface area contributed by atoms with Crippen LogP contribution < -0.4 is 5.32 Å². The molecular formula is C20H18ClNO. The average Bonchev–Trinajstić information content (AvgIpc) is 2.55. The average molecular weight is 324 g/mol. The Hall–Kier alpha value is -2.32. The number of anilines is 1. The van der Waals surface area contributed by atoms with E-state index >= 15 is 0 Å². The molecule has 0 amide bonds. The van der Waals surface area contributed by atoms with Crippen LogP contribution in [0, 0.1) is 5.92 Å². The van der Waals surface area contributed by atoms with Crippen LogP contribution in [0.1, 0.15) is 17.3 Å². The van der Waals surface area contributed by atoms with Gasteiger partial charge in [-0.1, -0.05) is 54.6 Å². The molecule has 2 aromatic rings. The molecule has 0 radical (unpaired) electrons. The summed E-state index contributed by atoms with van der Waals surface area (Å²) in [5.41, 5.74) is 2.57. The zero-order chi connectivity index (χ0) is 16.3. The van der Waals surface area contributed by atoms with Crippen molar-refractivity contribution in [2.45, 2.75) is 11.8 Å². The molecule has 2 aromatic carbocycles. The fourth-order valence-corrected chi connectivity index (χ4v) is 3.01. The number of allylic oxidation sites excluding steroid dienone is 3. The van der Waals surface area contributed by atoms with Gasteiger partial charge in [0.2, 0.25) is 0 Å². The van der Waals surface area contributed by atoms with Gasteiger partial charge in [0.1, 0.15) is 0 Å². The summed E-state index contributed by atoms with van der Waals surface area (Å²) in [4.78, 5) is 11.9. The molecule has 0 heterocycles. The van der Waals surface area contributed by atoms with Crippen molar-refractivity contribution in [3.8, 4) is 0 Å². The monoisotopic (exact) mass is 323 g/mol. The van der Waals surface area contributed by atoms with Crippen LogP contribution in [-0.4, -0.2) is 10.7 Å². The quantitative estimate of drug-likeness (QED) is 0.630. The van der Waals surface area contributed by atoms with E-state index in [4.69, 9.17) is 11.6 Å². The summed E-state index contributed by atoms with van der Waals surface area (Å²) in [5, 5.41) is 3.31. The summed E-state index contributed by atoms with van der Waals surface area (Å²) in [6.07, 6.45) is 5.71. The lowest BCUT2D eigenvalue weighted by molar-refractivity contribution is 0.0932. The van der Waals surface area contributed by atoms with E-state index in [0.29, 0.717) is 5.56 Å². The van der Waals surface area contributed by atoms with E-state index in [-0.39, 0.29) is 11.7 Å². The van der Waals surface area contributed by atoms with Crippen LogP contribution in [0.5, 0.6) is 0 Å². The van der Waals surface area contributed by atoms with Crippen molar-refractivity contribution < 1.29 is 4.79 Å². The van der Waals surface area contributed by atoms with Gasteiger partial charge in [-0.25, -0.2) is 0 Å². The van der Waals surface area contributed by atoms with Crippen LogP contribution in [0.3, 0.4) is 0 Å². The third-order valence-electron chi connectivity index (χ3n) is 3.92. The Kier molecular flexibility index (Phi) is 4.35. The van der Waals surface area contributed by atoms with Crippen LogP contribution in [0.15, 0.2) is 84.6 Å². The molecular weight excluding hydrogens is 306 g/mol. The molecule has 2 unspecified atom stereocenters. The van der Waals surface area contributed by atoms with E-state index in [1.807, 2.05) is 85.8 Å². The number of hydrogen-bond donors (Lipinski definition) is 1. The van der Waals surface area contributed by atoms with Gasteiger partial charge in [-0.3, -0.25) is 4.79 Å². The number of ketones is 1.